The predicted molar refractivity (Wildman–Crippen MR) is 258 cm³/mol. The van der Waals surface area contributed by atoms with Gasteiger partial charge in [-0.25, -0.2) is 4.79 Å². The summed E-state index contributed by atoms with van der Waals surface area (Å²) >= 11 is 0.0967. The second-order valence-electron chi connectivity index (χ2n) is 19.7. The number of benzene rings is 2. The molecule has 13 atom stereocenters. The molecule has 420 valence electrons. The topological polar surface area (TPSA) is 420 Å². The van der Waals surface area contributed by atoms with E-state index in [4.69, 9.17) is 19.4 Å². The first-order chi connectivity index (χ1) is 35.8. The number of aliphatic hydroxyl groups is 6. The van der Waals surface area contributed by atoms with E-state index in [1.54, 1.807) is 30.3 Å². The van der Waals surface area contributed by atoms with Gasteiger partial charge in [-0.15, -0.1) is 4.33 Å². The fraction of sp³-hybridized carbons (Fsp3) is 0.574. The van der Waals surface area contributed by atoms with Crippen LogP contribution in [0, 0.1) is 5.92 Å². The van der Waals surface area contributed by atoms with Crippen molar-refractivity contribution < 1.29 is 127 Å². The molecule has 3 heterocycles. The number of carbonyl (C=O) groups is 8. The molecule has 8 amide bonds. The molecule has 5 rings (SSSR count). The van der Waals surface area contributed by atoms with E-state index in [1.165, 1.54) is 45.9 Å². The fourth-order valence-corrected chi connectivity index (χ4v) is 8.97. The molecular weight excluding hydrogens is 1050 g/mol. The summed E-state index contributed by atoms with van der Waals surface area (Å²) in [6, 6.07) is 1.51. The van der Waals surface area contributed by atoms with E-state index in [-0.39, 0.29) is 72.1 Å². The Labute approximate surface area is 468 Å². The smallest absolute Gasteiger partial charge is 0.691 e. The van der Waals surface area contributed by atoms with Crippen LogP contribution in [0.15, 0.2) is 48.5 Å². The maximum Gasteiger partial charge on any atom is 1.00 e. The van der Waals surface area contributed by atoms with Crippen LogP contribution in [0.4, 0.5) is 4.79 Å². The number of amides is 8. The molecule has 0 aliphatic carbocycles. The van der Waals surface area contributed by atoms with Crippen molar-refractivity contribution in [2.24, 2.45) is 11.7 Å². The molecule has 28 nitrogen and oxygen atoms in total. The monoisotopic (exact) mass is 1120 g/mol. The first kappa shape index (κ1) is 64.1. The molecule has 3 aliphatic rings. The molecule has 0 unspecified atom stereocenters. The van der Waals surface area contributed by atoms with E-state index in [9.17, 15) is 74.3 Å². The molecule has 0 bridgehead atoms. The number of fused-ring (bicyclic) bond motifs is 2. The predicted octanol–water partition coefficient (Wildman–Crippen LogP) is -7.65. The van der Waals surface area contributed by atoms with E-state index < -0.39 is 171 Å². The van der Waals surface area contributed by atoms with Crippen molar-refractivity contribution in [2.75, 3.05) is 19.6 Å². The Balaban J connectivity index is 0.0000128. The molecule has 0 spiro atoms. The Morgan fingerprint density at radius 2 is 1.47 bits per heavy atom. The van der Waals surface area contributed by atoms with E-state index in [2.05, 4.69) is 36.0 Å². The summed E-state index contributed by atoms with van der Waals surface area (Å²) in [6.07, 6.45) is -14.5. The number of β-amino-alcohol motifs (C(OH)–C–C–N with tert-alkyl or cyclic N) is 1. The van der Waals surface area contributed by atoms with Crippen molar-refractivity contribution in [1.29, 1.82) is 0 Å². The van der Waals surface area contributed by atoms with Gasteiger partial charge in [0.15, 0.2) is 11.5 Å². The van der Waals surface area contributed by atoms with Crippen LogP contribution < -0.4 is 76.1 Å². The molecule has 0 saturated carbocycles. The van der Waals surface area contributed by atoms with Gasteiger partial charge in [0.1, 0.15) is 48.5 Å². The van der Waals surface area contributed by atoms with Crippen molar-refractivity contribution in [3.8, 4) is 11.5 Å². The Bertz CT molecular complexity index is 2390. The molecule has 13 N–H and O–H groups in total. The summed E-state index contributed by atoms with van der Waals surface area (Å²) in [7, 11) is 0. The fourth-order valence-electron chi connectivity index (χ4n) is 8.71. The number of nitrogens with two attached hydrogens (primary N) is 1. The Morgan fingerprint density at radius 1 is 0.818 bits per heavy atom. The maximum absolute atomic E-state index is 14.7. The third-order valence-electron chi connectivity index (χ3n) is 12.4. The average molecular weight is 1120 g/mol. The molecule has 3 saturated heterocycles. The van der Waals surface area contributed by atoms with Crippen LogP contribution in [0.3, 0.4) is 0 Å². The number of alkyl carbamates (subject to hydrolysis) is 1. The average Bonchev–Trinajstić information content (AvgIpc) is 3.89. The van der Waals surface area contributed by atoms with Gasteiger partial charge >= 0.3 is 35.7 Å². The van der Waals surface area contributed by atoms with E-state index >= 15 is 0 Å². The van der Waals surface area contributed by atoms with Gasteiger partial charge in [0.2, 0.25) is 41.4 Å². The number of hydrogen-bond acceptors (Lipinski definition) is 21. The van der Waals surface area contributed by atoms with Crippen LogP contribution in [-0.2, 0) is 60.7 Å². The van der Waals surface area contributed by atoms with Crippen LogP contribution in [0.25, 0.3) is 0 Å². The summed E-state index contributed by atoms with van der Waals surface area (Å²) < 4.78 is 20.9. The van der Waals surface area contributed by atoms with E-state index in [1.807, 2.05) is 0 Å². The third kappa shape index (κ3) is 18.1. The van der Waals surface area contributed by atoms with Gasteiger partial charge in [-0.3, -0.25) is 38.6 Å². The van der Waals surface area contributed by atoms with E-state index in [0.29, 0.717) is 0 Å². The number of carbonyl (C=O) groups excluding carboxylic acids is 8. The van der Waals surface area contributed by atoms with Gasteiger partial charge in [0.25, 0.3) is 12.3 Å². The Kier molecular flexibility index (Phi) is 24.1. The number of nitrogens with one attached hydrogen (secondary N) is 5. The molecule has 3 fully saturated rings. The molecule has 30 heteroatoms. The number of ether oxygens (including phenoxy) is 2. The summed E-state index contributed by atoms with van der Waals surface area (Å²) in [5.74, 6) is -9.31. The minimum absolute atomic E-state index is 0. The zero-order valence-electron chi connectivity index (χ0n) is 43.1. The van der Waals surface area contributed by atoms with Crippen LogP contribution in [0.1, 0.15) is 65.0 Å². The number of hydrogen-bond donors (Lipinski definition) is 12. The van der Waals surface area contributed by atoms with Crippen LogP contribution >= 0.6 is 12.3 Å². The first-order valence-electron chi connectivity index (χ1n) is 24.0. The van der Waals surface area contributed by atoms with Crippen molar-refractivity contribution >= 4 is 59.8 Å². The van der Waals surface area contributed by atoms with Crippen molar-refractivity contribution in [2.45, 2.75) is 145 Å². The van der Waals surface area contributed by atoms with Gasteiger partial charge < -0.3 is 91.7 Å². The molecule has 3 aliphatic heterocycles. The summed E-state index contributed by atoms with van der Waals surface area (Å²) in [6.45, 7) is 5.52. The quantitative estimate of drug-likeness (QED) is 0.0259. The Hall–Kier alpha value is -5.41. The summed E-state index contributed by atoms with van der Waals surface area (Å²) in [5, 5.41) is 93.2. The zero-order chi connectivity index (χ0) is 56.2. The van der Waals surface area contributed by atoms with Crippen LogP contribution in [0.5, 0.6) is 11.5 Å². The second kappa shape index (κ2) is 29.0. The van der Waals surface area contributed by atoms with Crippen LogP contribution in [0.2, 0.25) is 0 Å². The molecule has 0 aromatic heterocycles. The number of primary amides is 1. The van der Waals surface area contributed by atoms with Gasteiger partial charge in [-0.2, -0.15) is 0 Å². The number of aliphatic hydroxyl groups excluding tert-OH is 6. The minimum atomic E-state index is -2.20. The largest absolute Gasteiger partial charge is 1.00 e. The zero-order valence-corrected chi connectivity index (χ0v) is 45.9. The van der Waals surface area contributed by atoms with Crippen LogP contribution in [-0.4, -0.2) is 186 Å². The molecule has 2 aromatic rings. The second-order valence-corrected chi connectivity index (χ2v) is 20.1. The summed E-state index contributed by atoms with van der Waals surface area (Å²) in [4.78, 5) is 113. The van der Waals surface area contributed by atoms with Crippen molar-refractivity contribution in [1.82, 2.24) is 36.4 Å². The number of rotatable bonds is 15. The van der Waals surface area contributed by atoms with Crippen molar-refractivity contribution in [3.05, 3.63) is 59.7 Å². The van der Waals surface area contributed by atoms with E-state index in [0.717, 1.165) is 22.3 Å². The summed E-state index contributed by atoms with van der Waals surface area (Å²) in [5.41, 5.74) is 5.21. The first-order valence-corrected chi connectivity index (χ1v) is 24.7. The third-order valence-corrected chi connectivity index (χ3v) is 12.8. The van der Waals surface area contributed by atoms with Gasteiger partial charge in [0, 0.05) is 44.8 Å². The van der Waals surface area contributed by atoms with Gasteiger partial charge in [-0.05, 0) is 51.0 Å². The van der Waals surface area contributed by atoms with Gasteiger partial charge in [0.05, 0.1) is 43.0 Å². The maximum atomic E-state index is 14.7. The molecule has 0 radical (unpaired) electrons. The number of nitrogens with zero attached hydrogens (tertiary/aromatic N) is 2. The molecule has 2 aromatic carbocycles. The minimum Gasteiger partial charge on any atom is -0.691 e. The molecular formula is C47H65N8NaO20S. The normalized spacial score (nSPS) is 27.2. The Morgan fingerprint density at radius 3 is 2.10 bits per heavy atom. The van der Waals surface area contributed by atoms with Gasteiger partial charge in [-0.1, -0.05) is 43.3 Å². The molecule has 77 heavy (non-hydrogen) atoms. The SMILES string of the molecule is C[C@@H](O)[C@@H]1NC(=O)[C@@H](NC(=O)OC(C)(C)C)C[C@@H](O)CNC(=O)[C@@H]2[C@@H](O)[C@@H](C)CN2C(=O)[C@H]([C@H](O)CC(N)=O)NC(=O)[C@H]([C@H](O)Cc2ccc(OCc3ccccc3)c(OSOO[O-])c2)NC(=O)[C@@H]2C[C@@H](O)CN2C1=O.[Na+]. The standard InChI is InChI=1S/C47H66N8O20S.Na/c1-22-19-55-38(39(22)62)43(66)49-18-26(57)15-28(50-46(69)72-47(3,4)5)40(63)51-35(23(2)56)44(67)54-20-27(58)16-29(54)41(64)52-36(42(65)53-37(45(55)68)31(60)17-34(48)61)30(59)13-25-11-12-32(33(14-25)73-76-75-74-70)71-21-24-9-7-6-8-10-24;/h6-12,14,22-23,26-31,35-39,56-60,62,70H,13,15-21H2,1-5H3,(H2,48,61)(H,49,66)(H,50,69)(H,51,63)(H,52,64)(H,53,65);/q;+1/p-1/t22-,23+,26+,27+,28-,29-,30+,31+,35-,36-,37-,38-,39-;/m0./s1. The van der Waals surface area contributed by atoms with Crippen molar-refractivity contribution in [3.63, 3.8) is 0 Å².